The number of aromatic nitrogens is 2. The van der Waals surface area contributed by atoms with Crippen molar-refractivity contribution in [3.05, 3.63) is 60.8 Å². The second kappa shape index (κ2) is 5.48. The van der Waals surface area contributed by atoms with Gasteiger partial charge in [0.2, 0.25) is 0 Å². The number of fused-ring (bicyclic) bond motifs is 1. The van der Waals surface area contributed by atoms with Crippen LogP contribution in [0.15, 0.2) is 55.1 Å². The summed E-state index contributed by atoms with van der Waals surface area (Å²) in [5, 5.41) is 6.60. The van der Waals surface area contributed by atoms with Gasteiger partial charge in [0.25, 0.3) is 0 Å². The number of benzene rings is 2. The van der Waals surface area contributed by atoms with Gasteiger partial charge in [0.1, 0.15) is 11.4 Å². The molecule has 0 saturated heterocycles. The fourth-order valence-electron chi connectivity index (χ4n) is 2.63. The Morgan fingerprint density at radius 2 is 1.95 bits per heavy atom. The number of aryl methyl sites for hydroxylation is 2. The molecule has 3 aromatic rings. The van der Waals surface area contributed by atoms with E-state index in [9.17, 15) is 4.79 Å². The first kappa shape index (κ1) is 14.1. The van der Waals surface area contributed by atoms with Gasteiger partial charge in [-0.2, -0.15) is 5.10 Å². The Morgan fingerprint density at radius 1 is 1.23 bits per heavy atom. The molecule has 4 heteroatoms. The lowest BCUT2D eigenvalue weighted by Crippen LogP contribution is -2.05. The van der Waals surface area contributed by atoms with Gasteiger partial charge in [-0.1, -0.05) is 49.0 Å². The lowest BCUT2D eigenvalue weighted by atomic mass is 10.0. The van der Waals surface area contributed by atoms with E-state index in [1.165, 1.54) is 0 Å². The van der Waals surface area contributed by atoms with Crippen molar-refractivity contribution in [1.29, 1.82) is 0 Å². The zero-order valence-corrected chi connectivity index (χ0v) is 12.5. The summed E-state index contributed by atoms with van der Waals surface area (Å²) in [7, 11) is 1.84. The maximum absolute atomic E-state index is 11.6. The maximum Gasteiger partial charge on any atom is 0.335 e. The first-order chi connectivity index (χ1) is 10.6. The summed E-state index contributed by atoms with van der Waals surface area (Å²) in [6.07, 6.45) is 1.15. The fourth-order valence-corrected chi connectivity index (χ4v) is 2.63. The molecule has 0 aliphatic heterocycles. The molecule has 1 aromatic heterocycles. The van der Waals surface area contributed by atoms with Gasteiger partial charge in [0.05, 0.1) is 0 Å². The number of esters is 1. The van der Waals surface area contributed by atoms with Crippen molar-refractivity contribution in [2.75, 3.05) is 0 Å². The monoisotopic (exact) mass is 292 g/mol. The molecule has 0 bridgehead atoms. The van der Waals surface area contributed by atoms with E-state index in [1.54, 1.807) is 4.68 Å². The molecule has 0 atom stereocenters. The number of hydrogen-bond acceptors (Lipinski definition) is 3. The third kappa shape index (κ3) is 2.29. The zero-order chi connectivity index (χ0) is 15.7. The van der Waals surface area contributed by atoms with Crippen LogP contribution in [-0.4, -0.2) is 15.7 Å². The van der Waals surface area contributed by atoms with Crippen LogP contribution in [0.3, 0.4) is 0 Å². The Balaban J connectivity index is 2.27. The molecule has 22 heavy (non-hydrogen) atoms. The zero-order valence-electron chi connectivity index (χ0n) is 12.5. The summed E-state index contributed by atoms with van der Waals surface area (Å²) >= 11 is 0. The number of carbonyl (C=O) groups excluding carboxylic acids is 1. The minimum atomic E-state index is -0.488. The van der Waals surface area contributed by atoms with Gasteiger partial charge >= 0.3 is 5.97 Å². The second-order valence-electron chi connectivity index (χ2n) is 5.04. The van der Waals surface area contributed by atoms with Gasteiger partial charge < -0.3 is 4.74 Å². The number of nitrogens with zero attached hydrogens (tertiary/aromatic N) is 2. The minimum Gasteiger partial charge on any atom is -0.419 e. The van der Waals surface area contributed by atoms with Crippen LogP contribution >= 0.6 is 0 Å². The summed E-state index contributed by atoms with van der Waals surface area (Å²) in [4.78, 5) is 11.6. The van der Waals surface area contributed by atoms with Gasteiger partial charge in [0, 0.05) is 18.7 Å². The van der Waals surface area contributed by atoms with Crippen LogP contribution in [-0.2, 0) is 11.8 Å². The highest BCUT2D eigenvalue weighted by Gasteiger charge is 2.20. The average molecular weight is 292 g/mol. The van der Waals surface area contributed by atoms with Gasteiger partial charge in [0.15, 0.2) is 5.75 Å². The Hall–Kier alpha value is -2.88. The summed E-state index contributed by atoms with van der Waals surface area (Å²) in [6, 6.07) is 14.1. The molecule has 0 aliphatic rings. The third-order valence-electron chi connectivity index (χ3n) is 3.58. The van der Waals surface area contributed by atoms with Gasteiger partial charge in [-0.05, 0) is 17.7 Å². The van der Waals surface area contributed by atoms with Crippen LogP contribution in [0.2, 0.25) is 0 Å². The first-order valence-corrected chi connectivity index (χ1v) is 6.98. The van der Waals surface area contributed by atoms with Crippen molar-refractivity contribution in [1.82, 2.24) is 9.78 Å². The van der Waals surface area contributed by atoms with Gasteiger partial charge in [-0.3, -0.25) is 4.68 Å². The summed E-state index contributed by atoms with van der Waals surface area (Å²) in [5.74, 6) is -0.0126. The smallest absolute Gasteiger partial charge is 0.335 e. The molecule has 3 rings (SSSR count). The van der Waals surface area contributed by atoms with Crippen LogP contribution in [0.5, 0.6) is 5.75 Å². The quantitative estimate of drug-likeness (QED) is 0.547. The van der Waals surface area contributed by atoms with Crippen molar-refractivity contribution in [2.45, 2.75) is 6.92 Å². The number of rotatable bonds is 3. The number of ether oxygens (including phenoxy) is 1. The highest BCUT2D eigenvalue weighted by Crippen LogP contribution is 2.36. The van der Waals surface area contributed by atoms with Crippen molar-refractivity contribution in [3.8, 4) is 17.0 Å². The SMILES string of the molecule is C=CC(=O)Oc1c(C)nn(C)c1-c1cccc2ccccc12. The normalized spacial score (nSPS) is 10.6. The topological polar surface area (TPSA) is 44.1 Å². The van der Waals surface area contributed by atoms with Crippen LogP contribution < -0.4 is 4.74 Å². The highest BCUT2D eigenvalue weighted by atomic mass is 16.5. The average Bonchev–Trinajstić information content (AvgIpc) is 2.80. The molecule has 110 valence electrons. The van der Waals surface area contributed by atoms with E-state index in [-0.39, 0.29) is 0 Å². The van der Waals surface area contributed by atoms with Gasteiger partial charge in [-0.25, -0.2) is 4.79 Å². The molecule has 2 aromatic carbocycles. The molecule has 0 spiro atoms. The van der Waals surface area contributed by atoms with Crippen LogP contribution in [0.1, 0.15) is 5.69 Å². The van der Waals surface area contributed by atoms with Crippen LogP contribution in [0.4, 0.5) is 0 Å². The minimum absolute atomic E-state index is 0.476. The number of carbonyl (C=O) groups is 1. The summed E-state index contributed by atoms with van der Waals surface area (Å²) in [6.45, 7) is 5.26. The van der Waals surface area contributed by atoms with E-state index in [0.29, 0.717) is 11.4 Å². The van der Waals surface area contributed by atoms with E-state index < -0.39 is 5.97 Å². The molecular formula is C18H16N2O2. The van der Waals surface area contributed by atoms with Crippen molar-refractivity contribution >= 4 is 16.7 Å². The molecule has 0 amide bonds. The molecule has 0 saturated carbocycles. The molecule has 4 nitrogen and oxygen atoms in total. The Kier molecular flexibility index (Phi) is 3.51. The molecule has 0 aliphatic carbocycles. The molecule has 0 radical (unpaired) electrons. The molecular weight excluding hydrogens is 276 g/mol. The van der Waals surface area contributed by atoms with E-state index in [2.05, 4.69) is 23.8 Å². The van der Waals surface area contributed by atoms with Crippen LogP contribution in [0, 0.1) is 6.92 Å². The highest BCUT2D eigenvalue weighted by molar-refractivity contribution is 5.98. The molecule has 0 unspecified atom stereocenters. The second-order valence-corrected chi connectivity index (χ2v) is 5.04. The Bertz CT molecular complexity index is 873. The van der Waals surface area contributed by atoms with E-state index >= 15 is 0 Å². The van der Waals surface area contributed by atoms with E-state index in [4.69, 9.17) is 4.74 Å². The maximum atomic E-state index is 11.6. The molecule has 0 fully saturated rings. The molecule has 1 heterocycles. The first-order valence-electron chi connectivity index (χ1n) is 6.98. The third-order valence-corrected chi connectivity index (χ3v) is 3.58. The predicted octanol–water partition coefficient (Wildman–Crippen LogP) is 3.64. The lowest BCUT2D eigenvalue weighted by Gasteiger charge is -2.09. The van der Waals surface area contributed by atoms with E-state index in [0.717, 1.165) is 28.1 Å². The Labute approximate surface area is 128 Å². The van der Waals surface area contributed by atoms with Crippen molar-refractivity contribution < 1.29 is 9.53 Å². The Morgan fingerprint density at radius 3 is 2.73 bits per heavy atom. The van der Waals surface area contributed by atoms with E-state index in [1.807, 2.05) is 44.3 Å². The van der Waals surface area contributed by atoms with Crippen LogP contribution in [0.25, 0.3) is 22.0 Å². The number of hydrogen-bond donors (Lipinski definition) is 0. The predicted molar refractivity (Wildman–Crippen MR) is 86.7 cm³/mol. The molecule has 0 N–H and O–H groups in total. The lowest BCUT2D eigenvalue weighted by molar-refractivity contribution is -0.128. The van der Waals surface area contributed by atoms with Gasteiger partial charge in [-0.15, -0.1) is 0 Å². The van der Waals surface area contributed by atoms with Crippen molar-refractivity contribution in [3.63, 3.8) is 0 Å². The summed E-state index contributed by atoms with van der Waals surface area (Å²) in [5.41, 5.74) is 2.43. The fraction of sp³-hybridized carbons (Fsp3) is 0.111. The standard InChI is InChI=1S/C18H16N2O2/c1-4-16(21)22-18-12(2)19-20(3)17(18)15-11-7-9-13-8-5-6-10-14(13)15/h4-11H,1H2,2-3H3. The van der Waals surface area contributed by atoms with Crippen molar-refractivity contribution in [2.24, 2.45) is 7.05 Å². The summed E-state index contributed by atoms with van der Waals surface area (Å²) < 4.78 is 7.15. The largest absolute Gasteiger partial charge is 0.419 e.